The molecule has 10 heavy (non-hydrogen) atoms. The third-order valence-corrected chi connectivity index (χ3v) is 1.25. The van der Waals surface area contributed by atoms with Gasteiger partial charge in [-0.1, -0.05) is 0 Å². The fraction of sp³-hybridized carbons (Fsp3) is 0.333. The summed E-state index contributed by atoms with van der Waals surface area (Å²) in [6.07, 6.45) is -1.36. The fourth-order valence-corrected chi connectivity index (χ4v) is 0.718. The van der Waals surface area contributed by atoms with Gasteiger partial charge in [0.15, 0.2) is 0 Å². The second-order valence-corrected chi connectivity index (χ2v) is 2.05. The van der Waals surface area contributed by atoms with Gasteiger partial charge in [-0.25, -0.2) is 13.2 Å². The van der Waals surface area contributed by atoms with Crippen molar-refractivity contribution in [3.05, 3.63) is 23.4 Å². The Hall–Kier alpha value is -0.930. The lowest BCUT2D eigenvalue weighted by Crippen LogP contribution is -2.11. The van der Waals surface area contributed by atoms with E-state index in [0.29, 0.717) is 6.08 Å². The molecule has 1 nitrogen and oxygen atoms in total. The lowest BCUT2D eigenvalue weighted by Gasteiger charge is -2.09. The molecule has 1 unspecified atom stereocenters. The molecule has 4 heteroatoms. The van der Waals surface area contributed by atoms with E-state index in [1.165, 1.54) is 0 Å². The molecule has 1 atom stereocenters. The van der Waals surface area contributed by atoms with Crippen LogP contribution in [0, 0.1) is 0 Å². The van der Waals surface area contributed by atoms with Crippen LogP contribution >= 0.6 is 0 Å². The molecule has 0 radical (unpaired) electrons. The smallest absolute Gasteiger partial charge is 0.147 e. The SMILES string of the molecule is NC1=C(F)CC(F)C=C1F. The summed E-state index contributed by atoms with van der Waals surface area (Å²) in [5.41, 5.74) is 4.30. The number of allylic oxidation sites excluding steroid dienone is 3. The lowest BCUT2D eigenvalue weighted by molar-refractivity contribution is 0.355. The highest BCUT2D eigenvalue weighted by Gasteiger charge is 2.19. The van der Waals surface area contributed by atoms with Crippen LogP contribution in [0.5, 0.6) is 0 Å². The van der Waals surface area contributed by atoms with Crippen molar-refractivity contribution < 1.29 is 13.2 Å². The van der Waals surface area contributed by atoms with Crippen LogP contribution in [0.2, 0.25) is 0 Å². The molecular formula is C6H6F3N. The monoisotopic (exact) mass is 149 g/mol. The number of rotatable bonds is 0. The van der Waals surface area contributed by atoms with Gasteiger partial charge in [-0.05, 0) is 6.08 Å². The number of alkyl halides is 1. The number of hydrogen-bond acceptors (Lipinski definition) is 1. The van der Waals surface area contributed by atoms with Gasteiger partial charge in [-0.2, -0.15) is 0 Å². The van der Waals surface area contributed by atoms with Gasteiger partial charge in [0.25, 0.3) is 0 Å². The van der Waals surface area contributed by atoms with Crippen molar-refractivity contribution >= 4 is 0 Å². The third kappa shape index (κ3) is 1.15. The van der Waals surface area contributed by atoms with E-state index in [2.05, 4.69) is 0 Å². The van der Waals surface area contributed by atoms with Crippen molar-refractivity contribution in [2.75, 3.05) is 0 Å². The van der Waals surface area contributed by atoms with E-state index >= 15 is 0 Å². The Morgan fingerprint density at radius 1 is 1.50 bits per heavy atom. The van der Waals surface area contributed by atoms with E-state index in [9.17, 15) is 13.2 Å². The molecule has 2 N–H and O–H groups in total. The molecule has 0 bridgehead atoms. The molecule has 0 spiro atoms. The minimum Gasteiger partial charge on any atom is -0.394 e. The summed E-state index contributed by atoms with van der Waals surface area (Å²) in [7, 11) is 0. The Morgan fingerprint density at radius 2 is 2.10 bits per heavy atom. The summed E-state index contributed by atoms with van der Waals surface area (Å²) in [6, 6.07) is 0. The molecule has 0 aliphatic heterocycles. The van der Waals surface area contributed by atoms with Gasteiger partial charge in [-0.3, -0.25) is 0 Å². The summed E-state index contributed by atoms with van der Waals surface area (Å²) in [5.74, 6) is -1.91. The first-order chi connectivity index (χ1) is 4.61. The Kier molecular flexibility index (Phi) is 1.70. The number of nitrogens with two attached hydrogens (primary N) is 1. The van der Waals surface area contributed by atoms with Crippen LogP contribution in [0.1, 0.15) is 6.42 Å². The number of hydrogen-bond donors (Lipinski definition) is 1. The Labute approximate surface area is 56.0 Å². The molecule has 0 amide bonds. The van der Waals surface area contributed by atoms with Crippen molar-refractivity contribution in [1.82, 2.24) is 0 Å². The Bertz CT molecular complexity index is 207. The van der Waals surface area contributed by atoms with Gasteiger partial charge in [0.1, 0.15) is 17.8 Å². The predicted octanol–water partition coefficient (Wildman–Crippen LogP) is 1.72. The first-order valence-electron chi connectivity index (χ1n) is 2.77. The maximum Gasteiger partial charge on any atom is 0.147 e. The van der Waals surface area contributed by atoms with Crippen LogP contribution in [-0.4, -0.2) is 6.17 Å². The first kappa shape index (κ1) is 7.18. The summed E-state index contributed by atoms with van der Waals surface area (Å²) in [5, 5.41) is 0. The van der Waals surface area contributed by atoms with E-state index in [1.807, 2.05) is 0 Å². The van der Waals surface area contributed by atoms with Crippen molar-refractivity contribution in [2.45, 2.75) is 12.6 Å². The normalized spacial score (nSPS) is 26.7. The van der Waals surface area contributed by atoms with Gasteiger partial charge < -0.3 is 5.73 Å². The maximum absolute atomic E-state index is 12.3. The molecule has 0 heterocycles. The molecule has 0 aromatic rings. The largest absolute Gasteiger partial charge is 0.394 e. The minimum absolute atomic E-state index is 0.445. The van der Waals surface area contributed by atoms with Gasteiger partial charge in [0.05, 0.1) is 5.70 Å². The highest BCUT2D eigenvalue weighted by atomic mass is 19.2. The quantitative estimate of drug-likeness (QED) is 0.557. The lowest BCUT2D eigenvalue weighted by atomic mass is 10.1. The molecule has 56 valence electrons. The van der Waals surface area contributed by atoms with Crippen LogP contribution < -0.4 is 5.73 Å². The van der Waals surface area contributed by atoms with Crippen LogP contribution in [0.25, 0.3) is 0 Å². The van der Waals surface area contributed by atoms with Crippen LogP contribution in [0.3, 0.4) is 0 Å². The van der Waals surface area contributed by atoms with E-state index in [4.69, 9.17) is 5.73 Å². The van der Waals surface area contributed by atoms with E-state index in [-0.39, 0.29) is 0 Å². The molecule has 0 aromatic heterocycles. The van der Waals surface area contributed by atoms with E-state index in [1.54, 1.807) is 0 Å². The summed E-state index contributed by atoms with van der Waals surface area (Å²) in [6.45, 7) is 0. The number of halogens is 3. The standard InChI is InChI=1S/C6H6F3N/c7-3-1-4(8)6(10)5(9)2-3/h1,3H,2,10H2. The summed E-state index contributed by atoms with van der Waals surface area (Å²) < 4.78 is 36.8. The van der Waals surface area contributed by atoms with Gasteiger partial charge in [-0.15, -0.1) is 0 Å². The van der Waals surface area contributed by atoms with Crippen molar-refractivity contribution in [3.8, 4) is 0 Å². The zero-order valence-electron chi connectivity index (χ0n) is 5.07. The van der Waals surface area contributed by atoms with Crippen LogP contribution in [0.4, 0.5) is 13.2 Å². The summed E-state index contributed by atoms with van der Waals surface area (Å²) in [4.78, 5) is 0. The first-order valence-corrected chi connectivity index (χ1v) is 2.77. The average molecular weight is 149 g/mol. The van der Waals surface area contributed by atoms with Gasteiger partial charge >= 0.3 is 0 Å². The molecule has 1 aliphatic rings. The molecule has 1 aliphatic carbocycles. The highest BCUT2D eigenvalue weighted by Crippen LogP contribution is 2.25. The Balaban J connectivity index is 2.90. The molecule has 1 rings (SSSR count). The molecule has 0 saturated heterocycles. The van der Waals surface area contributed by atoms with E-state index in [0.717, 1.165) is 0 Å². The van der Waals surface area contributed by atoms with Gasteiger partial charge in [0.2, 0.25) is 0 Å². The van der Waals surface area contributed by atoms with Crippen molar-refractivity contribution in [1.29, 1.82) is 0 Å². The predicted molar refractivity (Wildman–Crippen MR) is 31.0 cm³/mol. The van der Waals surface area contributed by atoms with Crippen molar-refractivity contribution in [2.24, 2.45) is 5.73 Å². The zero-order chi connectivity index (χ0) is 7.72. The average Bonchev–Trinajstić information content (AvgIpc) is 1.82. The highest BCUT2D eigenvalue weighted by molar-refractivity contribution is 5.30. The molecule has 0 aromatic carbocycles. The second-order valence-electron chi connectivity index (χ2n) is 2.05. The topological polar surface area (TPSA) is 26.0 Å². The molecule has 0 fully saturated rings. The minimum atomic E-state index is -1.58. The van der Waals surface area contributed by atoms with Crippen LogP contribution in [-0.2, 0) is 0 Å². The van der Waals surface area contributed by atoms with Crippen LogP contribution in [0.15, 0.2) is 23.4 Å². The Morgan fingerprint density at radius 3 is 2.60 bits per heavy atom. The zero-order valence-corrected chi connectivity index (χ0v) is 5.07. The van der Waals surface area contributed by atoms with Gasteiger partial charge in [0, 0.05) is 6.42 Å². The van der Waals surface area contributed by atoms with E-state index < -0.39 is 29.9 Å². The molecular weight excluding hydrogens is 143 g/mol. The third-order valence-electron chi connectivity index (χ3n) is 1.25. The molecule has 0 saturated carbocycles. The second kappa shape index (κ2) is 2.36. The maximum atomic E-state index is 12.3. The van der Waals surface area contributed by atoms with Crippen molar-refractivity contribution in [3.63, 3.8) is 0 Å². The summed E-state index contributed by atoms with van der Waals surface area (Å²) >= 11 is 0. The fourth-order valence-electron chi connectivity index (χ4n) is 0.718.